The van der Waals surface area contributed by atoms with Gasteiger partial charge in [0.2, 0.25) is 0 Å². The van der Waals surface area contributed by atoms with E-state index in [0.717, 1.165) is 11.3 Å². The number of allylic oxidation sites excluding steroid dienone is 1. The molecule has 2 aromatic heterocycles. The quantitative estimate of drug-likeness (QED) is 0.315. The second kappa shape index (κ2) is 11.3. The topological polar surface area (TPSA) is 130 Å². The molecule has 4 aromatic rings. The van der Waals surface area contributed by atoms with Crippen LogP contribution in [0.5, 0.6) is 11.5 Å². The normalized spacial score (nSPS) is 14.8. The van der Waals surface area contributed by atoms with Crippen LogP contribution in [-0.4, -0.2) is 42.4 Å². The van der Waals surface area contributed by atoms with Crippen molar-refractivity contribution in [1.29, 1.82) is 0 Å². The van der Waals surface area contributed by atoms with Crippen molar-refractivity contribution in [2.24, 2.45) is 4.99 Å². The number of carboxylic acid groups (broad SMARTS) is 1. The molecule has 0 unspecified atom stereocenters. The van der Waals surface area contributed by atoms with Crippen LogP contribution in [0.15, 0.2) is 80.1 Å². The molecule has 0 saturated carbocycles. The van der Waals surface area contributed by atoms with Crippen molar-refractivity contribution in [2.45, 2.75) is 19.9 Å². The van der Waals surface area contributed by atoms with Crippen molar-refractivity contribution in [3.05, 3.63) is 102 Å². The van der Waals surface area contributed by atoms with Crippen LogP contribution in [0, 0.1) is 0 Å². The minimum Gasteiger partial charge on any atom is -0.493 e. The lowest BCUT2D eigenvalue weighted by Gasteiger charge is -2.25. The maximum atomic E-state index is 13.9. The Morgan fingerprint density at radius 1 is 1.10 bits per heavy atom. The van der Waals surface area contributed by atoms with Crippen LogP contribution in [0.1, 0.15) is 41.6 Å². The molecule has 3 heterocycles. The largest absolute Gasteiger partial charge is 0.493 e. The second-order valence-corrected chi connectivity index (χ2v) is 9.98. The number of hydrogen-bond acceptors (Lipinski definition) is 9. The first-order chi connectivity index (χ1) is 19.8. The fourth-order valence-corrected chi connectivity index (χ4v) is 5.75. The fourth-order valence-electron chi connectivity index (χ4n) is 4.72. The average Bonchev–Trinajstić information content (AvgIpc) is 3.56. The number of rotatable bonds is 8. The molecule has 1 N–H and O–H groups in total. The summed E-state index contributed by atoms with van der Waals surface area (Å²) in [4.78, 5) is 43.6. The summed E-state index contributed by atoms with van der Waals surface area (Å²) in [6.45, 7) is 3.57. The molecule has 0 radical (unpaired) electrons. The number of ether oxygens (including phenoxy) is 3. The molecule has 1 atom stereocenters. The number of carbonyl (C=O) groups excluding carboxylic acids is 1. The third kappa shape index (κ3) is 5.07. The van der Waals surface area contributed by atoms with Crippen molar-refractivity contribution in [3.63, 3.8) is 0 Å². The van der Waals surface area contributed by atoms with Crippen LogP contribution in [0.3, 0.4) is 0 Å². The number of carbonyl (C=O) groups is 2. The Balaban J connectivity index is 1.66. The minimum atomic E-state index is -1.07. The van der Waals surface area contributed by atoms with Gasteiger partial charge in [0.25, 0.3) is 5.56 Å². The zero-order chi connectivity index (χ0) is 29.3. The number of carboxylic acids is 1. The van der Waals surface area contributed by atoms with E-state index in [9.17, 15) is 19.5 Å². The molecular formula is C30H26N2O8S. The molecule has 2 aromatic carbocycles. The first kappa shape index (κ1) is 27.7. The Labute approximate surface area is 238 Å². The van der Waals surface area contributed by atoms with Gasteiger partial charge in [0.15, 0.2) is 16.3 Å². The average molecular weight is 575 g/mol. The van der Waals surface area contributed by atoms with Crippen LogP contribution in [0.25, 0.3) is 17.4 Å². The van der Waals surface area contributed by atoms with Crippen molar-refractivity contribution < 1.29 is 33.3 Å². The molecule has 0 amide bonds. The molecule has 210 valence electrons. The van der Waals surface area contributed by atoms with Crippen molar-refractivity contribution in [2.75, 3.05) is 20.8 Å². The van der Waals surface area contributed by atoms with Crippen LogP contribution < -0.4 is 24.4 Å². The molecule has 0 spiro atoms. The maximum absolute atomic E-state index is 13.9. The number of furan rings is 1. The zero-order valence-electron chi connectivity index (χ0n) is 22.7. The van der Waals surface area contributed by atoms with E-state index < -0.39 is 18.0 Å². The molecule has 1 aliphatic rings. The van der Waals surface area contributed by atoms with Gasteiger partial charge in [-0.25, -0.2) is 14.6 Å². The Morgan fingerprint density at radius 3 is 2.56 bits per heavy atom. The molecule has 10 nitrogen and oxygen atoms in total. The molecule has 0 aliphatic carbocycles. The van der Waals surface area contributed by atoms with E-state index in [0.29, 0.717) is 49.2 Å². The number of nitrogens with zero attached hydrogens (tertiary/aromatic N) is 2. The monoisotopic (exact) mass is 574 g/mol. The van der Waals surface area contributed by atoms with Gasteiger partial charge in [0, 0.05) is 11.6 Å². The second-order valence-electron chi connectivity index (χ2n) is 8.97. The van der Waals surface area contributed by atoms with Gasteiger partial charge in [-0.2, -0.15) is 0 Å². The molecular weight excluding hydrogens is 548 g/mol. The van der Waals surface area contributed by atoms with E-state index in [1.54, 1.807) is 68.5 Å². The van der Waals surface area contributed by atoms with Crippen molar-refractivity contribution in [1.82, 2.24) is 4.57 Å². The molecule has 5 rings (SSSR count). The third-order valence-corrected chi connectivity index (χ3v) is 7.55. The molecule has 0 saturated heterocycles. The highest BCUT2D eigenvalue weighted by Gasteiger charge is 2.34. The highest BCUT2D eigenvalue weighted by Crippen LogP contribution is 2.36. The Morgan fingerprint density at radius 2 is 1.85 bits per heavy atom. The van der Waals surface area contributed by atoms with Gasteiger partial charge in [-0.1, -0.05) is 35.6 Å². The summed E-state index contributed by atoms with van der Waals surface area (Å²) in [7, 11) is 3.03. The SMILES string of the molecule is CCOC(=O)C1=C(C)N=c2sc(=Cc3ccc(-c4ccccc4C(=O)O)o3)c(=O)n2[C@H]1c1ccc(OC)c(OC)c1. The summed E-state index contributed by atoms with van der Waals surface area (Å²) < 4.78 is 23.9. The van der Waals surface area contributed by atoms with Gasteiger partial charge in [-0.15, -0.1) is 0 Å². The van der Waals surface area contributed by atoms with E-state index in [-0.39, 0.29) is 23.3 Å². The van der Waals surface area contributed by atoms with Crippen LogP contribution in [0.2, 0.25) is 0 Å². The molecule has 41 heavy (non-hydrogen) atoms. The Bertz CT molecular complexity index is 1880. The standard InChI is InChI=1S/C30H26N2O8S/c1-5-39-29(36)25-16(2)31-30-32(26(25)17-10-12-22(37-3)23(14-17)38-4)27(33)24(41-30)15-18-11-13-21(40-18)19-8-6-7-9-20(19)28(34)35/h6-15,26H,5H2,1-4H3,(H,34,35)/t26-/m0/s1. The van der Waals surface area contributed by atoms with Crippen LogP contribution >= 0.6 is 11.3 Å². The van der Waals surface area contributed by atoms with E-state index in [4.69, 9.17) is 18.6 Å². The van der Waals surface area contributed by atoms with Gasteiger partial charge in [-0.05, 0) is 49.7 Å². The predicted octanol–water partition coefficient (Wildman–Crippen LogP) is 3.77. The summed E-state index contributed by atoms with van der Waals surface area (Å²) in [6.07, 6.45) is 1.58. The summed E-state index contributed by atoms with van der Waals surface area (Å²) in [5, 5.41) is 9.54. The van der Waals surface area contributed by atoms with Gasteiger partial charge in [0.05, 0.1) is 48.2 Å². The van der Waals surface area contributed by atoms with Crippen molar-refractivity contribution in [3.8, 4) is 22.8 Å². The van der Waals surface area contributed by atoms with E-state index >= 15 is 0 Å². The molecule has 11 heteroatoms. The number of fused-ring (bicyclic) bond motifs is 1. The molecule has 1 aliphatic heterocycles. The number of aromatic nitrogens is 1. The smallest absolute Gasteiger partial charge is 0.338 e. The third-order valence-electron chi connectivity index (χ3n) is 6.56. The lowest BCUT2D eigenvalue weighted by molar-refractivity contribution is -0.139. The van der Waals surface area contributed by atoms with Gasteiger partial charge < -0.3 is 23.7 Å². The van der Waals surface area contributed by atoms with Crippen LogP contribution in [-0.2, 0) is 9.53 Å². The van der Waals surface area contributed by atoms with Gasteiger partial charge >= 0.3 is 11.9 Å². The summed E-state index contributed by atoms with van der Waals surface area (Å²) in [5.74, 6) is 0.000363. The van der Waals surface area contributed by atoms with E-state index in [2.05, 4.69) is 4.99 Å². The highest BCUT2D eigenvalue weighted by molar-refractivity contribution is 7.07. The Hall–Kier alpha value is -4.90. The summed E-state index contributed by atoms with van der Waals surface area (Å²) in [5.41, 5.74) is 1.42. The number of benzene rings is 2. The molecule has 0 bridgehead atoms. The number of methoxy groups -OCH3 is 2. The lowest BCUT2D eigenvalue weighted by atomic mass is 9.95. The maximum Gasteiger partial charge on any atom is 0.338 e. The highest BCUT2D eigenvalue weighted by atomic mass is 32.1. The number of thiazole rings is 1. The zero-order valence-corrected chi connectivity index (χ0v) is 23.5. The first-order valence-electron chi connectivity index (χ1n) is 12.6. The predicted molar refractivity (Wildman–Crippen MR) is 151 cm³/mol. The first-order valence-corrected chi connectivity index (χ1v) is 13.4. The number of hydrogen-bond donors (Lipinski definition) is 1. The van der Waals surface area contributed by atoms with Gasteiger partial charge in [0.1, 0.15) is 11.5 Å². The summed E-state index contributed by atoms with van der Waals surface area (Å²) >= 11 is 1.15. The molecule has 0 fully saturated rings. The van der Waals surface area contributed by atoms with E-state index in [1.807, 2.05) is 0 Å². The number of aromatic carboxylic acids is 1. The van der Waals surface area contributed by atoms with E-state index in [1.165, 1.54) is 24.9 Å². The fraction of sp³-hybridized carbons (Fsp3) is 0.200. The number of esters is 1. The van der Waals surface area contributed by atoms with Crippen LogP contribution in [0.4, 0.5) is 0 Å². The van der Waals surface area contributed by atoms with Gasteiger partial charge in [-0.3, -0.25) is 9.36 Å². The summed E-state index contributed by atoms with van der Waals surface area (Å²) in [6, 6.07) is 14.2. The van der Waals surface area contributed by atoms with Crippen molar-refractivity contribution >= 4 is 29.4 Å². The lowest BCUT2D eigenvalue weighted by Crippen LogP contribution is -2.39. The minimum absolute atomic E-state index is 0.102. The Kier molecular flexibility index (Phi) is 7.62.